The fourth-order valence-corrected chi connectivity index (χ4v) is 1.61. The van der Waals surface area contributed by atoms with Gasteiger partial charge in [0.2, 0.25) is 0 Å². The van der Waals surface area contributed by atoms with E-state index in [1.54, 1.807) is 50.2 Å². The standard InChI is InChI=1S/C14H22N2O3/c1-11(14(17)16(3)10-9-15-2)19-13-7-5-12(18-4)6-8-13/h5-8,11,15H,9-10H2,1-4H3. The largest absolute Gasteiger partial charge is 0.497 e. The number of nitrogens with one attached hydrogen (secondary N) is 1. The summed E-state index contributed by atoms with van der Waals surface area (Å²) in [6, 6.07) is 7.18. The van der Waals surface area contributed by atoms with Crippen LogP contribution in [0.4, 0.5) is 0 Å². The predicted molar refractivity (Wildman–Crippen MR) is 74.6 cm³/mol. The number of nitrogens with zero attached hydrogens (tertiary/aromatic N) is 1. The monoisotopic (exact) mass is 266 g/mol. The number of amides is 1. The minimum absolute atomic E-state index is 0.0360. The van der Waals surface area contributed by atoms with Gasteiger partial charge in [-0.3, -0.25) is 4.79 Å². The van der Waals surface area contributed by atoms with E-state index in [1.807, 2.05) is 7.05 Å². The molecule has 0 spiro atoms. The van der Waals surface area contributed by atoms with Crippen molar-refractivity contribution in [3.05, 3.63) is 24.3 Å². The van der Waals surface area contributed by atoms with Gasteiger partial charge in [0, 0.05) is 20.1 Å². The van der Waals surface area contributed by atoms with Gasteiger partial charge in [0.1, 0.15) is 11.5 Å². The Bertz CT molecular complexity index is 392. The number of hydrogen-bond donors (Lipinski definition) is 1. The summed E-state index contributed by atoms with van der Waals surface area (Å²) in [6.07, 6.45) is -0.504. The number of hydrogen-bond acceptors (Lipinski definition) is 4. The zero-order chi connectivity index (χ0) is 14.3. The normalized spacial score (nSPS) is 11.8. The van der Waals surface area contributed by atoms with E-state index in [-0.39, 0.29) is 5.91 Å². The molecule has 0 aliphatic heterocycles. The number of benzene rings is 1. The van der Waals surface area contributed by atoms with Crippen LogP contribution in [0.5, 0.6) is 11.5 Å². The maximum Gasteiger partial charge on any atom is 0.263 e. The lowest BCUT2D eigenvalue weighted by atomic mass is 10.3. The SMILES string of the molecule is CNCCN(C)C(=O)C(C)Oc1ccc(OC)cc1. The Morgan fingerprint density at radius 2 is 1.89 bits per heavy atom. The maximum absolute atomic E-state index is 12.0. The molecule has 0 aromatic heterocycles. The third kappa shape index (κ3) is 4.79. The van der Waals surface area contributed by atoms with Crippen molar-refractivity contribution in [1.82, 2.24) is 10.2 Å². The first-order valence-corrected chi connectivity index (χ1v) is 6.28. The average molecular weight is 266 g/mol. The minimum Gasteiger partial charge on any atom is -0.497 e. The highest BCUT2D eigenvalue weighted by Crippen LogP contribution is 2.18. The van der Waals surface area contributed by atoms with Crippen molar-refractivity contribution in [2.75, 3.05) is 34.3 Å². The van der Waals surface area contributed by atoms with Gasteiger partial charge in [-0.15, -0.1) is 0 Å². The van der Waals surface area contributed by atoms with Crippen LogP contribution >= 0.6 is 0 Å². The van der Waals surface area contributed by atoms with E-state index in [0.29, 0.717) is 12.3 Å². The van der Waals surface area contributed by atoms with Gasteiger partial charge in [-0.2, -0.15) is 0 Å². The van der Waals surface area contributed by atoms with Crippen LogP contribution in [0.3, 0.4) is 0 Å². The molecular formula is C14H22N2O3. The van der Waals surface area contributed by atoms with Crippen molar-refractivity contribution in [3.63, 3.8) is 0 Å². The molecule has 0 saturated heterocycles. The molecule has 5 nitrogen and oxygen atoms in total. The highest BCUT2D eigenvalue weighted by Gasteiger charge is 2.18. The third-order valence-electron chi connectivity index (χ3n) is 2.79. The number of likely N-dealkylation sites (N-methyl/N-ethyl adjacent to an activating group) is 2. The van der Waals surface area contributed by atoms with Crippen molar-refractivity contribution in [2.24, 2.45) is 0 Å². The molecular weight excluding hydrogens is 244 g/mol. The van der Waals surface area contributed by atoms with E-state index in [1.165, 1.54) is 0 Å². The Hall–Kier alpha value is -1.75. The van der Waals surface area contributed by atoms with Gasteiger partial charge >= 0.3 is 0 Å². The van der Waals surface area contributed by atoms with E-state index in [0.717, 1.165) is 12.3 Å². The van der Waals surface area contributed by atoms with Crippen LogP contribution in [-0.4, -0.2) is 51.2 Å². The van der Waals surface area contributed by atoms with Crippen molar-refractivity contribution in [1.29, 1.82) is 0 Å². The summed E-state index contributed by atoms with van der Waals surface area (Å²) < 4.78 is 10.7. The second-order valence-corrected chi connectivity index (χ2v) is 4.30. The van der Waals surface area contributed by atoms with Gasteiger partial charge in [0.15, 0.2) is 6.10 Å². The molecule has 0 radical (unpaired) electrons. The zero-order valence-electron chi connectivity index (χ0n) is 12.0. The summed E-state index contributed by atoms with van der Waals surface area (Å²) in [5, 5.41) is 3.01. The van der Waals surface area contributed by atoms with E-state index in [9.17, 15) is 4.79 Å². The average Bonchev–Trinajstić information content (AvgIpc) is 2.44. The smallest absolute Gasteiger partial charge is 0.263 e. The topological polar surface area (TPSA) is 50.8 Å². The Balaban J connectivity index is 2.52. The number of rotatable bonds is 7. The summed E-state index contributed by atoms with van der Waals surface area (Å²) in [7, 11) is 5.24. The molecule has 19 heavy (non-hydrogen) atoms. The third-order valence-corrected chi connectivity index (χ3v) is 2.79. The molecule has 0 heterocycles. The van der Waals surface area contributed by atoms with E-state index in [2.05, 4.69) is 5.32 Å². The second kappa shape index (κ2) is 7.63. The second-order valence-electron chi connectivity index (χ2n) is 4.30. The molecule has 0 aliphatic carbocycles. The van der Waals surface area contributed by atoms with Gasteiger partial charge in [-0.25, -0.2) is 0 Å². The molecule has 1 atom stereocenters. The Labute approximate surface area is 114 Å². The maximum atomic E-state index is 12.0. The van der Waals surface area contributed by atoms with Crippen molar-refractivity contribution in [2.45, 2.75) is 13.0 Å². The van der Waals surface area contributed by atoms with Crippen molar-refractivity contribution >= 4 is 5.91 Å². The summed E-state index contributed by atoms with van der Waals surface area (Å²) in [6.45, 7) is 3.17. The Morgan fingerprint density at radius 3 is 2.42 bits per heavy atom. The van der Waals surface area contributed by atoms with Crippen molar-refractivity contribution in [3.8, 4) is 11.5 Å². The zero-order valence-corrected chi connectivity index (χ0v) is 12.0. The molecule has 1 unspecified atom stereocenters. The molecule has 1 aromatic carbocycles. The summed E-state index contributed by atoms with van der Waals surface area (Å²) in [4.78, 5) is 13.7. The Kier molecular flexibility index (Phi) is 6.15. The molecule has 1 amide bonds. The predicted octanol–water partition coefficient (Wildman–Crippen LogP) is 1.14. The first kappa shape index (κ1) is 15.3. The molecule has 0 bridgehead atoms. The fourth-order valence-electron chi connectivity index (χ4n) is 1.61. The number of carbonyl (C=O) groups is 1. The molecule has 0 saturated carbocycles. The van der Waals surface area contributed by atoms with Crippen LogP contribution < -0.4 is 14.8 Å². The van der Waals surface area contributed by atoms with E-state index < -0.39 is 6.10 Å². The fraction of sp³-hybridized carbons (Fsp3) is 0.500. The van der Waals surface area contributed by atoms with Crippen LogP contribution in [0.1, 0.15) is 6.92 Å². The van der Waals surface area contributed by atoms with Crippen LogP contribution in [0.15, 0.2) is 24.3 Å². The molecule has 0 aliphatic rings. The van der Waals surface area contributed by atoms with Gasteiger partial charge in [-0.05, 0) is 38.2 Å². The first-order chi connectivity index (χ1) is 9.08. The quantitative estimate of drug-likeness (QED) is 0.804. The van der Waals surface area contributed by atoms with Gasteiger partial charge < -0.3 is 19.7 Å². The number of ether oxygens (including phenoxy) is 2. The van der Waals surface area contributed by atoms with Gasteiger partial charge in [0.25, 0.3) is 5.91 Å². The molecule has 5 heteroatoms. The first-order valence-electron chi connectivity index (χ1n) is 6.28. The molecule has 106 valence electrons. The highest BCUT2D eigenvalue weighted by atomic mass is 16.5. The van der Waals surface area contributed by atoms with Crippen LogP contribution in [0.25, 0.3) is 0 Å². The molecule has 0 fully saturated rings. The lowest BCUT2D eigenvalue weighted by Crippen LogP contribution is -2.40. The van der Waals surface area contributed by atoms with E-state index in [4.69, 9.17) is 9.47 Å². The van der Waals surface area contributed by atoms with Crippen LogP contribution in [0, 0.1) is 0 Å². The molecule has 1 rings (SSSR count). The van der Waals surface area contributed by atoms with Gasteiger partial charge in [0.05, 0.1) is 7.11 Å². The lowest BCUT2D eigenvalue weighted by molar-refractivity contribution is -0.136. The lowest BCUT2D eigenvalue weighted by Gasteiger charge is -2.22. The van der Waals surface area contributed by atoms with Gasteiger partial charge in [-0.1, -0.05) is 0 Å². The summed E-state index contributed by atoms with van der Waals surface area (Å²) in [5.74, 6) is 1.38. The van der Waals surface area contributed by atoms with Crippen LogP contribution in [-0.2, 0) is 4.79 Å². The number of carbonyl (C=O) groups excluding carboxylic acids is 1. The van der Waals surface area contributed by atoms with Crippen molar-refractivity contribution < 1.29 is 14.3 Å². The van der Waals surface area contributed by atoms with E-state index >= 15 is 0 Å². The summed E-state index contributed by atoms with van der Waals surface area (Å²) in [5.41, 5.74) is 0. The van der Waals surface area contributed by atoms with Crippen LogP contribution in [0.2, 0.25) is 0 Å². The molecule has 1 N–H and O–H groups in total. The highest BCUT2D eigenvalue weighted by molar-refractivity contribution is 5.80. The number of methoxy groups -OCH3 is 1. The summed E-state index contributed by atoms with van der Waals surface area (Å²) >= 11 is 0. The minimum atomic E-state index is -0.504. The Morgan fingerprint density at radius 1 is 1.32 bits per heavy atom. The molecule has 1 aromatic rings.